The Morgan fingerprint density at radius 3 is 2.64 bits per heavy atom. The van der Waals surface area contributed by atoms with Gasteiger partial charge < -0.3 is 14.5 Å². The third-order valence-electron chi connectivity index (χ3n) is 4.22. The summed E-state index contributed by atoms with van der Waals surface area (Å²) in [5.74, 6) is -0.679. The molecule has 0 atom stereocenters. The zero-order valence-corrected chi connectivity index (χ0v) is 15.1. The van der Waals surface area contributed by atoms with Gasteiger partial charge in [0.25, 0.3) is 0 Å². The number of nitrogens with one attached hydrogen (secondary N) is 1. The van der Waals surface area contributed by atoms with Gasteiger partial charge in [-0.15, -0.1) is 0 Å². The molecule has 1 N–H and O–H groups in total. The van der Waals surface area contributed by atoms with E-state index in [1.165, 1.54) is 25.3 Å². The molecular formula is C21H16F2N2O3. The van der Waals surface area contributed by atoms with E-state index in [9.17, 15) is 18.8 Å². The molecule has 3 rings (SSSR count). The molecule has 2 aromatic carbocycles. The molecule has 0 fully saturated rings. The Labute approximate surface area is 159 Å². The highest BCUT2D eigenvalue weighted by Crippen LogP contribution is 2.34. The van der Waals surface area contributed by atoms with Crippen LogP contribution in [-0.4, -0.2) is 24.5 Å². The predicted molar refractivity (Wildman–Crippen MR) is 101 cm³/mol. The maximum atomic E-state index is 13.0. The average molecular weight is 382 g/mol. The van der Waals surface area contributed by atoms with E-state index in [2.05, 4.69) is 9.72 Å². The lowest BCUT2D eigenvalue weighted by Gasteiger charge is -2.12. The van der Waals surface area contributed by atoms with Crippen molar-refractivity contribution in [1.29, 1.82) is 5.26 Å². The van der Waals surface area contributed by atoms with Crippen LogP contribution in [0, 0.1) is 18.3 Å². The molecule has 0 bridgehead atoms. The van der Waals surface area contributed by atoms with E-state index in [4.69, 9.17) is 4.74 Å². The Morgan fingerprint density at radius 2 is 1.96 bits per heavy atom. The zero-order chi connectivity index (χ0) is 20.3. The number of benzene rings is 2. The van der Waals surface area contributed by atoms with Crippen LogP contribution in [-0.2, 0) is 0 Å². The molecule has 0 amide bonds. The SMILES string of the molecule is COc1cccc(/C=C(\C#N)C(=O)c2c(C)[nH]c3ccccc23)c1OC(F)F. The van der Waals surface area contributed by atoms with E-state index in [-0.39, 0.29) is 22.6 Å². The van der Waals surface area contributed by atoms with E-state index >= 15 is 0 Å². The van der Waals surface area contributed by atoms with Crippen molar-refractivity contribution >= 4 is 22.8 Å². The first-order chi connectivity index (χ1) is 13.5. The van der Waals surface area contributed by atoms with E-state index in [0.29, 0.717) is 16.6 Å². The van der Waals surface area contributed by atoms with E-state index in [0.717, 1.165) is 5.52 Å². The molecule has 1 heterocycles. The van der Waals surface area contributed by atoms with Crippen LogP contribution in [0.5, 0.6) is 11.5 Å². The molecule has 0 unspecified atom stereocenters. The van der Waals surface area contributed by atoms with Gasteiger partial charge >= 0.3 is 6.61 Å². The summed E-state index contributed by atoms with van der Waals surface area (Å²) in [6, 6.07) is 13.6. The first-order valence-corrected chi connectivity index (χ1v) is 8.32. The summed E-state index contributed by atoms with van der Waals surface area (Å²) in [7, 11) is 1.31. The first-order valence-electron chi connectivity index (χ1n) is 8.32. The number of carbonyl (C=O) groups is 1. The fourth-order valence-corrected chi connectivity index (χ4v) is 3.03. The highest BCUT2D eigenvalue weighted by Gasteiger charge is 2.21. The number of nitriles is 1. The fraction of sp³-hybridized carbons (Fsp3) is 0.143. The standard InChI is InChI=1S/C21H16F2N2O3/c1-12-18(15-7-3-4-8-16(15)25-12)19(26)14(11-24)10-13-6-5-9-17(27-2)20(13)28-21(22)23/h3-10,21,25H,1-2H3/b14-10+. The minimum atomic E-state index is -3.08. The van der Waals surface area contributed by atoms with Gasteiger partial charge in [-0.05, 0) is 25.1 Å². The highest BCUT2D eigenvalue weighted by molar-refractivity contribution is 6.20. The van der Waals surface area contributed by atoms with E-state index < -0.39 is 12.4 Å². The second-order valence-electron chi connectivity index (χ2n) is 5.93. The lowest BCUT2D eigenvalue weighted by Crippen LogP contribution is -2.06. The number of alkyl halides is 2. The van der Waals surface area contributed by atoms with Gasteiger partial charge in [0.05, 0.1) is 12.7 Å². The second-order valence-corrected chi connectivity index (χ2v) is 5.93. The quantitative estimate of drug-likeness (QED) is 0.375. The number of allylic oxidation sites excluding steroid dienone is 1. The monoisotopic (exact) mass is 382 g/mol. The maximum Gasteiger partial charge on any atom is 0.387 e. The van der Waals surface area contributed by atoms with Crippen LogP contribution >= 0.6 is 0 Å². The first kappa shape index (κ1) is 19.1. The van der Waals surface area contributed by atoms with Crippen LogP contribution in [0.15, 0.2) is 48.0 Å². The largest absolute Gasteiger partial charge is 0.493 e. The Bertz CT molecular complexity index is 1110. The van der Waals surface area contributed by atoms with Gasteiger partial charge in [0.15, 0.2) is 11.5 Å². The molecule has 0 spiro atoms. The number of fused-ring (bicyclic) bond motifs is 1. The number of aryl methyl sites for hydroxylation is 1. The normalized spacial score (nSPS) is 11.5. The number of nitrogens with zero attached hydrogens (tertiary/aromatic N) is 1. The van der Waals surface area contributed by atoms with Crippen molar-refractivity contribution in [2.45, 2.75) is 13.5 Å². The van der Waals surface area contributed by atoms with Gasteiger partial charge in [-0.3, -0.25) is 4.79 Å². The van der Waals surface area contributed by atoms with Crippen molar-refractivity contribution in [2.24, 2.45) is 0 Å². The Morgan fingerprint density at radius 1 is 1.21 bits per heavy atom. The van der Waals surface area contributed by atoms with Gasteiger partial charge in [-0.1, -0.05) is 30.3 Å². The van der Waals surface area contributed by atoms with Crippen molar-refractivity contribution in [3.8, 4) is 17.6 Å². The molecule has 0 aliphatic heterocycles. The van der Waals surface area contributed by atoms with Crippen molar-refractivity contribution in [3.05, 3.63) is 64.9 Å². The van der Waals surface area contributed by atoms with Crippen LogP contribution in [0.1, 0.15) is 21.6 Å². The minimum Gasteiger partial charge on any atom is -0.493 e. The molecule has 7 heteroatoms. The molecule has 0 saturated heterocycles. The van der Waals surface area contributed by atoms with Crippen molar-refractivity contribution in [1.82, 2.24) is 4.98 Å². The number of Topliss-reactive ketones (excluding diaryl/α,β-unsaturated/α-hetero) is 1. The summed E-state index contributed by atoms with van der Waals surface area (Å²) < 4.78 is 35.2. The van der Waals surface area contributed by atoms with Crippen LogP contribution in [0.4, 0.5) is 8.78 Å². The average Bonchev–Trinajstić information content (AvgIpc) is 3.01. The number of H-pyrrole nitrogens is 1. The van der Waals surface area contributed by atoms with Crippen molar-refractivity contribution < 1.29 is 23.0 Å². The van der Waals surface area contributed by atoms with Gasteiger partial charge in [0.1, 0.15) is 11.6 Å². The van der Waals surface area contributed by atoms with Crippen LogP contribution in [0.25, 0.3) is 17.0 Å². The molecule has 0 radical (unpaired) electrons. The summed E-state index contributed by atoms with van der Waals surface area (Å²) >= 11 is 0. The summed E-state index contributed by atoms with van der Waals surface area (Å²) in [6.07, 6.45) is 1.23. The molecule has 1 aromatic heterocycles. The van der Waals surface area contributed by atoms with Crippen molar-refractivity contribution in [2.75, 3.05) is 7.11 Å². The number of aromatic nitrogens is 1. The number of ketones is 1. The third kappa shape index (κ3) is 3.58. The lowest BCUT2D eigenvalue weighted by molar-refractivity contribution is -0.0513. The van der Waals surface area contributed by atoms with Gasteiger partial charge in [0, 0.05) is 22.2 Å². The molecule has 3 aromatic rings. The number of para-hydroxylation sites is 2. The van der Waals surface area contributed by atoms with Crippen LogP contribution < -0.4 is 9.47 Å². The summed E-state index contributed by atoms with van der Waals surface area (Å²) in [5.41, 5.74) is 1.68. The smallest absolute Gasteiger partial charge is 0.387 e. The lowest BCUT2D eigenvalue weighted by atomic mass is 9.99. The summed E-state index contributed by atoms with van der Waals surface area (Å²) in [5, 5.41) is 10.2. The summed E-state index contributed by atoms with van der Waals surface area (Å²) in [6.45, 7) is -1.35. The Balaban J connectivity index is 2.11. The van der Waals surface area contributed by atoms with Gasteiger partial charge in [0.2, 0.25) is 5.78 Å². The fourth-order valence-electron chi connectivity index (χ4n) is 3.03. The highest BCUT2D eigenvalue weighted by atomic mass is 19.3. The summed E-state index contributed by atoms with van der Waals surface area (Å²) in [4.78, 5) is 16.1. The number of hydrogen-bond donors (Lipinski definition) is 1. The van der Waals surface area contributed by atoms with E-state index in [1.807, 2.05) is 18.2 Å². The molecule has 0 aliphatic rings. The second kappa shape index (κ2) is 7.92. The third-order valence-corrected chi connectivity index (χ3v) is 4.22. The number of aromatic amines is 1. The Hall–Kier alpha value is -3.66. The van der Waals surface area contributed by atoms with Gasteiger partial charge in [-0.2, -0.15) is 14.0 Å². The number of halogens is 2. The number of carbonyl (C=O) groups excluding carboxylic acids is 1. The number of hydrogen-bond acceptors (Lipinski definition) is 4. The minimum absolute atomic E-state index is 0.0714. The predicted octanol–water partition coefficient (Wildman–Crippen LogP) is 4.88. The number of methoxy groups -OCH3 is 1. The van der Waals surface area contributed by atoms with Gasteiger partial charge in [-0.25, -0.2) is 0 Å². The molecule has 0 aliphatic carbocycles. The van der Waals surface area contributed by atoms with Crippen LogP contribution in [0.3, 0.4) is 0 Å². The number of rotatable bonds is 6. The molecule has 28 heavy (non-hydrogen) atoms. The maximum absolute atomic E-state index is 13.0. The Kier molecular flexibility index (Phi) is 5.41. The molecular weight excluding hydrogens is 366 g/mol. The van der Waals surface area contributed by atoms with E-state index in [1.54, 1.807) is 25.1 Å². The molecule has 142 valence electrons. The van der Waals surface area contributed by atoms with Crippen molar-refractivity contribution in [3.63, 3.8) is 0 Å². The molecule has 0 saturated carbocycles. The molecule has 5 nitrogen and oxygen atoms in total. The topological polar surface area (TPSA) is 75.1 Å². The number of ether oxygens (including phenoxy) is 2. The zero-order valence-electron chi connectivity index (χ0n) is 15.1. The van der Waals surface area contributed by atoms with Crippen LogP contribution in [0.2, 0.25) is 0 Å².